The van der Waals surface area contributed by atoms with E-state index < -0.39 is 15.6 Å². The second-order valence-corrected chi connectivity index (χ2v) is 14.5. The number of carbonyl (C=O) groups excluding carboxylic acids is 1. The molecule has 204 valence electrons. The SMILES string of the molecule is CNC(=O)C1C[N+]2(CCCCCCCCC2)C(N)c2cc(-c3ccc(S(=O)(=O)NC(C)(C)C)cc3)sc21. The van der Waals surface area contributed by atoms with E-state index in [4.69, 9.17) is 5.73 Å². The third-order valence-electron chi connectivity index (χ3n) is 7.72. The molecule has 0 saturated carbocycles. The van der Waals surface area contributed by atoms with Gasteiger partial charge in [0, 0.05) is 27.9 Å². The molecule has 9 heteroatoms. The predicted molar refractivity (Wildman–Crippen MR) is 151 cm³/mol. The minimum Gasteiger partial charge on any atom is -0.358 e. The van der Waals surface area contributed by atoms with Gasteiger partial charge < -0.3 is 9.80 Å². The maximum Gasteiger partial charge on any atom is 0.241 e. The lowest BCUT2D eigenvalue weighted by atomic mass is 9.90. The van der Waals surface area contributed by atoms with Crippen LogP contribution in [0.3, 0.4) is 0 Å². The zero-order chi connectivity index (χ0) is 26.8. The maximum absolute atomic E-state index is 13.1. The molecule has 2 unspecified atom stereocenters. The number of sulfonamides is 1. The first kappa shape index (κ1) is 28.2. The first-order chi connectivity index (χ1) is 17.5. The highest BCUT2D eigenvalue weighted by molar-refractivity contribution is 7.89. The van der Waals surface area contributed by atoms with Crippen LogP contribution in [0.5, 0.6) is 0 Å². The van der Waals surface area contributed by atoms with Crippen LogP contribution in [-0.2, 0) is 14.8 Å². The van der Waals surface area contributed by atoms with Crippen LogP contribution in [0.15, 0.2) is 35.2 Å². The van der Waals surface area contributed by atoms with Crippen molar-refractivity contribution in [1.29, 1.82) is 0 Å². The van der Waals surface area contributed by atoms with E-state index in [2.05, 4.69) is 16.1 Å². The summed E-state index contributed by atoms with van der Waals surface area (Å²) in [4.78, 5) is 15.4. The molecule has 4 rings (SSSR count). The fourth-order valence-corrected chi connectivity index (χ4v) is 8.58. The molecule has 0 aliphatic carbocycles. The van der Waals surface area contributed by atoms with Gasteiger partial charge in [0.2, 0.25) is 15.9 Å². The second-order valence-electron chi connectivity index (χ2n) is 11.7. The number of benzene rings is 1. The number of hydrogen-bond donors (Lipinski definition) is 3. The van der Waals surface area contributed by atoms with Crippen LogP contribution in [0.25, 0.3) is 10.4 Å². The van der Waals surface area contributed by atoms with Gasteiger partial charge in [-0.1, -0.05) is 31.4 Å². The molecule has 2 aliphatic heterocycles. The van der Waals surface area contributed by atoms with E-state index in [1.54, 1.807) is 30.5 Å². The van der Waals surface area contributed by atoms with Crippen LogP contribution >= 0.6 is 11.3 Å². The molecule has 0 radical (unpaired) electrons. The molecule has 1 aromatic heterocycles. The first-order valence-corrected chi connectivity index (χ1v) is 15.9. The number of quaternary nitrogens is 1. The lowest BCUT2D eigenvalue weighted by Gasteiger charge is -2.48. The highest BCUT2D eigenvalue weighted by Crippen LogP contribution is 2.46. The molecule has 7 nitrogen and oxygen atoms in total. The Balaban J connectivity index is 1.68. The minimum atomic E-state index is -3.60. The normalized spacial score (nSPS) is 22.8. The summed E-state index contributed by atoms with van der Waals surface area (Å²) < 4.78 is 29.0. The van der Waals surface area contributed by atoms with E-state index >= 15 is 0 Å². The van der Waals surface area contributed by atoms with Gasteiger partial charge in [0.1, 0.15) is 5.92 Å². The van der Waals surface area contributed by atoms with Crippen LogP contribution in [-0.4, -0.2) is 51.0 Å². The zero-order valence-corrected chi connectivity index (χ0v) is 24.3. The molecule has 2 aliphatic rings. The van der Waals surface area contributed by atoms with Gasteiger partial charge >= 0.3 is 0 Å². The van der Waals surface area contributed by atoms with Crippen LogP contribution in [0.1, 0.15) is 88.2 Å². The lowest BCUT2D eigenvalue weighted by Crippen LogP contribution is -2.60. The molecule has 2 atom stereocenters. The topological polar surface area (TPSA) is 101 Å². The van der Waals surface area contributed by atoms with Gasteiger partial charge in [-0.3, -0.25) is 10.5 Å². The second kappa shape index (κ2) is 11.1. The van der Waals surface area contributed by atoms with Crippen molar-refractivity contribution in [2.45, 2.75) is 88.2 Å². The average Bonchev–Trinajstić information content (AvgIpc) is 3.29. The van der Waals surface area contributed by atoms with Crippen molar-refractivity contribution in [2.75, 3.05) is 26.7 Å². The van der Waals surface area contributed by atoms with Crippen molar-refractivity contribution in [3.05, 3.63) is 40.8 Å². The van der Waals surface area contributed by atoms with Crippen LogP contribution < -0.4 is 15.8 Å². The minimum absolute atomic E-state index is 0.0471. The molecule has 4 N–H and O–H groups in total. The van der Waals surface area contributed by atoms with Gasteiger partial charge in [-0.2, -0.15) is 0 Å². The number of fused-ring (bicyclic) bond motifs is 1. The Morgan fingerprint density at radius 3 is 2.11 bits per heavy atom. The van der Waals surface area contributed by atoms with E-state index in [0.717, 1.165) is 57.8 Å². The molecule has 3 heterocycles. The Hall–Kier alpha value is -1.78. The number of carbonyl (C=O) groups is 1. The van der Waals surface area contributed by atoms with E-state index in [9.17, 15) is 13.2 Å². The van der Waals surface area contributed by atoms with Crippen molar-refractivity contribution < 1.29 is 17.7 Å². The number of amides is 1. The van der Waals surface area contributed by atoms with Crippen molar-refractivity contribution >= 4 is 27.3 Å². The summed E-state index contributed by atoms with van der Waals surface area (Å²) in [5.41, 5.74) is 8.51. The number of nitrogens with zero attached hydrogens (tertiary/aromatic N) is 1. The third-order valence-corrected chi connectivity index (χ3v) is 10.8. The molecule has 1 aromatic carbocycles. The highest BCUT2D eigenvalue weighted by atomic mass is 32.2. The molecule has 1 amide bonds. The quantitative estimate of drug-likeness (QED) is 0.476. The van der Waals surface area contributed by atoms with Gasteiger partial charge in [-0.25, -0.2) is 13.1 Å². The van der Waals surface area contributed by atoms with E-state index in [-0.39, 0.29) is 22.9 Å². The Morgan fingerprint density at radius 1 is 1.00 bits per heavy atom. The standard InChI is InChI=1S/C28H42N4O3S2/c1-28(2,3)31-37(34,35)21-14-12-20(13-15-21)24-18-22-25(36-24)23(27(33)30-4)19-32(26(22)29)16-10-8-6-5-7-9-11-17-32/h12-15,18,23,26,31H,5-11,16-17,19,29H2,1-4H3/p+1. The zero-order valence-electron chi connectivity index (χ0n) is 22.7. The van der Waals surface area contributed by atoms with Crippen molar-refractivity contribution in [2.24, 2.45) is 5.73 Å². The average molecular weight is 548 g/mol. The smallest absolute Gasteiger partial charge is 0.241 e. The molecular weight excluding hydrogens is 504 g/mol. The molecule has 0 bridgehead atoms. The fraction of sp³-hybridized carbons (Fsp3) is 0.607. The van der Waals surface area contributed by atoms with Crippen LogP contribution in [0.4, 0.5) is 0 Å². The summed E-state index contributed by atoms with van der Waals surface area (Å²) in [6.07, 6.45) is 8.43. The molecule has 2 aromatic rings. The summed E-state index contributed by atoms with van der Waals surface area (Å²) in [5, 5.41) is 2.90. The third kappa shape index (κ3) is 6.28. The van der Waals surface area contributed by atoms with Gasteiger partial charge in [0.25, 0.3) is 0 Å². The largest absolute Gasteiger partial charge is 0.358 e. The monoisotopic (exact) mass is 547 g/mol. The Bertz CT molecular complexity index is 1190. The summed E-state index contributed by atoms with van der Waals surface area (Å²) in [6, 6.07) is 9.15. The molecular formula is C28H43N4O3S2+. The summed E-state index contributed by atoms with van der Waals surface area (Å²) in [6.45, 7) is 8.23. The number of rotatable bonds is 4. The number of nitrogens with one attached hydrogen (secondary N) is 2. The summed E-state index contributed by atoms with van der Waals surface area (Å²) in [5.74, 6) is -0.178. The van der Waals surface area contributed by atoms with Gasteiger partial charge in [0.15, 0.2) is 6.17 Å². The number of thiophene rings is 1. The van der Waals surface area contributed by atoms with Crippen molar-refractivity contribution in [1.82, 2.24) is 10.0 Å². The van der Waals surface area contributed by atoms with Gasteiger partial charge in [-0.15, -0.1) is 11.3 Å². The number of hydrogen-bond acceptors (Lipinski definition) is 5. The Labute approximate surface area is 226 Å². The van der Waals surface area contributed by atoms with E-state index in [1.807, 2.05) is 32.9 Å². The lowest BCUT2D eigenvalue weighted by molar-refractivity contribution is -0.960. The molecule has 1 fully saturated rings. The molecule has 37 heavy (non-hydrogen) atoms. The van der Waals surface area contributed by atoms with Crippen molar-refractivity contribution in [3.8, 4) is 10.4 Å². The Morgan fingerprint density at radius 2 is 1.57 bits per heavy atom. The van der Waals surface area contributed by atoms with E-state index in [0.29, 0.717) is 0 Å². The Kier molecular flexibility index (Phi) is 8.50. The number of nitrogens with two attached hydrogens (primary N) is 1. The molecule has 1 spiro atoms. The van der Waals surface area contributed by atoms with Crippen LogP contribution in [0.2, 0.25) is 0 Å². The summed E-state index contributed by atoms with van der Waals surface area (Å²) in [7, 11) is -1.89. The maximum atomic E-state index is 13.1. The number of likely N-dealkylation sites (N-methyl/N-ethyl adjacent to an activating group) is 1. The fourth-order valence-electron chi connectivity index (χ4n) is 5.87. The van der Waals surface area contributed by atoms with Gasteiger partial charge in [0.05, 0.1) is 24.5 Å². The van der Waals surface area contributed by atoms with Gasteiger partial charge in [-0.05, 0) is 70.2 Å². The van der Waals surface area contributed by atoms with Crippen LogP contribution in [0, 0.1) is 0 Å². The van der Waals surface area contributed by atoms with E-state index in [1.165, 1.54) is 32.1 Å². The molecule has 1 saturated heterocycles. The summed E-state index contributed by atoms with van der Waals surface area (Å²) >= 11 is 1.62. The predicted octanol–water partition coefficient (Wildman–Crippen LogP) is 4.85. The highest BCUT2D eigenvalue weighted by Gasteiger charge is 2.47. The first-order valence-electron chi connectivity index (χ1n) is 13.6. The van der Waals surface area contributed by atoms with Crippen molar-refractivity contribution in [3.63, 3.8) is 0 Å².